The summed E-state index contributed by atoms with van der Waals surface area (Å²) >= 11 is 0. The van der Waals surface area contributed by atoms with Crippen molar-refractivity contribution in [1.29, 1.82) is 0 Å². The molecule has 1 saturated carbocycles. The number of likely N-dealkylation sites (N-methyl/N-ethyl adjacent to an activating group) is 1. The minimum absolute atomic E-state index is 0. The summed E-state index contributed by atoms with van der Waals surface area (Å²) in [6.45, 7) is 4.62. The van der Waals surface area contributed by atoms with Gasteiger partial charge in [-0.3, -0.25) is 10.1 Å². The van der Waals surface area contributed by atoms with E-state index >= 15 is 0 Å². The number of phenols is 1. The first kappa shape index (κ1) is 24.4. The average Bonchev–Trinajstić information content (AvgIpc) is 3.01. The van der Waals surface area contributed by atoms with E-state index in [0.29, 0.717) is 18.6 Å². The summed E-state index contributed by atoms with van der Waals surface area (Å²) in [6.07, 6.45) is 2.27. The van der Waals surface area contributed by atoms with Crippen LogP contribution in [-0.2, 0) is 16.6 Å². The number of carbonyl (C=O) groups is 1. The molecule has 0 amide bonds. The first-order chi connectivity index (χ1) is 13.7. The predicted octanol–water partition coefficient (Wildman–Crippen LogP) is 2.09. The van der Waals surface area contributed by atoms with Gasteiger partial charge in [-0.25, -0.2) is 0 Å². The van der Waals surface area contributed by atoms with Gasteiger partial charge in [0.1, 0.15) is 12.1 Å². The predicted molar refractivity (Wildman–Crippen MR) is 121 cm³/mol. The monoisotopic (exact) mass is 474 g/mol. The van der Waals surface area contributed by atoms with Gasteiger partial charge in [0.2, 0.25) is 0 Å². The van der Waals surface area contributed by atoms with Crippen LogP contribution in [0.3, 0.4) is 0 Å². The lowest BCUT2D eigenvalue weighted by Crippen LogP contribution is -2.78. The van der Waals surface area contributed by atoms with E-state index in [1.54, 1.807) is 6.07 Å². The molecule has 0 radical (unpaired) electrons. The van der Waals surface area contributed by atoms with Crippen molar-refractivity contribution >= 4 is 30.8 Å². The minimum atomic E-state index is -0.953. The Morgan fingerprint density at radius 2 is 2.00 bits per heavy atom. The maximum Gasteiger partial charge on any atom is 0.320 e. The molecule has 0 unspecified atom stereocenters. The molecule has 4 aliphatic rings. The lowest BCUT2D eigenvalue weighted by Gasteiger charge is -2.63. The molecule has 1 aromatic carbocycles. The van der Waals surface area contributed by atoms with Crippen molar-refractivity contribution in [3.8, 4) is 11.5 Å². The molecule has 2 aliphatic heterocycles. The van der Waals surface area contributed by atoms with Crippen LogP contribution in [0.15, 0.2) is 12.1 Å². The number of phenolic OH excluding ortho intramolecular Hbond substituents is 1. The standard InChI is InChI=1S/C22H30N2O5.2ClH/c1-11(2)17(20(26)27)23-13-6-7-22(28)15-10-12-4-5-14(25)18-16(12)21(22,19(13)29-18)8-9-24(15)3;;/h4-5,11,13,15,17,19,23,25,28H,6-10H2,1-3H3,(H,26,27);2*1H/t13-,15-,17-,19+,21+,22-;;/m1../s1. The zero-order chi connectivity index (χ0) is 20.7. The first-order valence-electron chi connectivity index (χ1n) is 10.6. The normalized spacial score (nSPS) is 36.0. The van der Waals surface area contributed by atoms with Crippen LogP contribution in [0.5, 0.6) is 11.5 Å². The lowest BCUT2D eigenvalue weighted by molar-refractivity contribution is -0.188. The van der Waals surface area contributed by atoms with Crippen molar-refractivity contribution < 1.29 is 24.9 Å². The van der Waals surface area contributed by atoms with Crippen LogP contribution in [0.2, 0.25) is 0 Å². The SMILES string of the molecule is CC(C)[C@@H](N[C@@H]1CC[C@@]2(O)[C@H]3Cc4ccc(O)c5c4[C@@]2(CCN3C)[C@H]1O5)C(=O)O.Cl.Cl. The number of likely N-dealkylation sites (tertiary alicyclic amines) is 1. The van der Waals surface area contributed by atoms with Crippen LogP contribution in [0, 0.1) is 5.92 Å². The van der Waals surface area contributed by atoms with Crippen LogP contribution in [0.1, 0.15) is 44.2 Å². The largest absolute Gasteiger partial charge is 0.504 e. The molecule has 31 heavy (non-hydrogen) atoms. The van der Waals surface area contributed by atoms with Gasteiger partial charge in [0, 0.05) is 17.6 Å². The molecule has 5 rings (SSSR count). The topological polar surface area (TPSA) is 102 Å². The van der Waals surface area contributed by atoms with E-state index < -0.39 is 29.1 Å². The zero-order valence-electron chi connectivity index (χ0n) is 18.0. The molecule has 4 N–H and O–H groups in total. The van der Waals surface area contributed by atoms with Gasteiger partial charge in [-0.2, -0.15) is 0 Å². The number of benzene rings is 1. The van der Waals surface area contributed by atoms with Gasteiger partial charge in [-0.05, 0) is 56.8 Å². The fourth-order valence-corrected chi connectivity index (χ4v) is 6.70. The Kier molecular flexibility index (Phi) is 6.26. The molecule has 2 aliphatic carbocycles. The van der Waals surface area contributed by atoms with Crippen LogP contribution in [0.4, 0.5) is 0 Å². The number of aliphatic hydroxyl groups is 1. The van der Waals surface area contributed by atoms with E-state index in [1.165, 1.54) is 0 Å². The number of halogens is 2. The smallest absolute Gasteiger partial charge is 0.320 e. The fourth-order valence-electron chi connectivity index (χ4n) is 6.70. The van der Waals surface area contributed by atoms with Crippen LogP contribution in [-0.4, -0.2) is 69.6 Å². The van der Waals surface area contributed by atoms with Crippen LogP contribution < -0.4 is 10.1 Å². The zero-order valence-corrected chi connectivity index (χ0v) is 19.6. The second-order valence-electron chi connectivity index (χ2n) is 9.70. The van der Waals surface area contributed by atoms with E-state index in [-0.39, 0.29) is 48.6 Å². The van der Waals surface area contributed by atoms with Gasteiger partial charge in [0.05, 0.1) is 11.0 Å². The third kappa shape index (κ3) is 3.00. The summed E-state index contributed by atoms with van der Waals surface area (Å²) in [7, 11) is 2.07. The van der Waals surface area contributed by atoms with Gasteiger partial charge in [0.25, 0.3) is 0 Å². The van der Waals surface area contributed by atoms with Crippen molar-refractivity contribution in [2.24, 2.45) is 5.92 Å². The molecule has 9 heteroatoms. The highest BCUT2D eigenvalue weighted by Crippen LogP contribution is 2.65. The summed E-state index contributed by atoms with van der Waals surface area (Å²) in [5.41, 5.74) is 0.505. The maximum absolute atomic E-state index is 12.1. The molecule has 7 nitrogen and oxygen atoms in total. The Morgan fingerprint density at radius 1 is 1.29 bits per heavy atom. The first-order valence-corrected chi connectivity index (χ1v) is 10.6. The molecule has 1 saturated heterocycles. The van der Waals surface area contributed by atoms with Gasteiger partial charge in [0.15, 0.2) is 11.5 Å². The summed E-state index contributed by atoms with van der Waals surface area (Å²) in [5.74, 6) is -0.360. The molecule has 2 heterocycles. The summed E-state index contributed by atoms with van der Waals surface area (Å²) in [4.78, 5) is 14.1. The molecule has 2 fully saturated rings. The number of piperidine rings is 1. The van der Waals surface area contributed by atoms with E-state index in [1.807, 2.05) is 19.9 Å². The van der Waals surface area contributed by atoms with Gasteiger partial charge in [-0.15, -0.1) is 24.8 Å². The molecule has 1 aromatic rings. The molecule has 0 aromatic heterocycles. The van der Waals surface area contributed by atoms with E-state index in [0.717, 1.165) is 30.5 Å². The second kappa shape index (κ2) is 7.96. The molecule has 174 valence electrons. The summed E-state index contributed by atoms with van der Waals surface area (Å²) < 4.78 is 6.40. The van der Waals surface area contributed by atoms with Crippen molar-refractivity contribution in [2.45, 2.75) is 74.8 Å². The molecule has 2 bridgehead atoms. The maximum atomic E-state index is 12.1. The number of carboxylic acid groups (broad SMARTS) is 1. The molecular formula is C22H32Cl2N2O5. The van der Waals surface area contributed by atoms with Crippen molar-refractivity contribution in [2.75, 3.05) is 13.6 Å². The number of ether oxygens (including phenoxy) is 1. The fraction of sp³-hybridized carbons (Fsp3) is 0.682. The van der Waals surface area contributed by atoms with E-state index in [2.05, 4.69) is 17.3 Å². The Morgan fingerprint density at radius 3 is 2.65 bits per heavy atom. The van der Waals surface area contributed by atoms with Gasteiger partial charge < -0.3 is 25.0 Å². The highest BCUT2D eigenvalue weighted by atomic mass is 35.5. The number of nitrogens with one attached hydrogen (secondary N) is 1. The Bertz CT molecular complexity index is 884. The van der Waals surface area contributed by atoms with Crippen molar-refractivity contribution in [3.63, 3.8) is 0 Å². The summed E-state index contributed by atoms with van der Waals surface area (Å²) in [5, 5.41) is 35.7. The van der Waals surface area contributed by atoms with Crippen LogP contribution >= 0.6 is 24.8 Å². The van der Waals surface area contributed by atoms with Crippen molar-refractivity contribution in [1.82, 2.24) is 10.2 Å². The molecule has 1 spiro atoms. The summed E-state index contributed by atoms with van der Waals surface area (Å²) in [6, 6.07) is 2.73. The minimum Gasteiger partial charge on any atom is -0.504 e. The van der Waals surface area contributed by atoms with Crippen molar-refractivity contribution in [3.05, 3.63) is 23.3 Å². The molecule has 6 atom stereocenters. The average molecular weight is 475 g/mol. The number of hydrogen-bond donors (Lipinski definition) is 4. The lowest BCUT2D eigenvalue weighted by atomic mass is 9.48. The number of nitrogens with zero attached hydrogens (tertiary/aromatic N) is 1. The van der Waals surface area contributed by atoms with Gasteiger partial charge >= 0.3 is 5.97 Å². The van der Waals surface area contributed by atoms with E-state index in [9.17, 15) is 20.1 Å². The highest BCUT2D eigenvalue weighted by molar-refractivity contribution is 5.85. The third-order valence-corrected chi connectivity index (χ3v) is 8.06. The number of carboxylic acids is 1. The Hall–Kier alpha value is -1.25. The Labute approximate surface area is 195 Å². The molecular weight excluding hydrogens is 443 g/mol. The number of hydrogen-bond acceptors (Lipinski definition) is 6. The number of rotatable bonds is 4. The number of aliphatic carboxylic acids is 1. The van der Waals surface area contributed by atoms with Gasteiger partial charge in [-0.1, -0.05) is 19.9 Å². The Balaban J connectivity index is 0.00000136. The second-order valence-corrected chi connectivity index (χ2v) is 9.70. The van der Waals surface area contributed by atoms with E-state index in [4.69, 9.17) is 4.74 Å². The van der Waals surface area contributed by atoms with Crippen LogP contribution in [0.25, 0.3) is 0 Å². The highest BCUT2D eigenvalue weighted by Gasteiger charge is 2.72. The number of aromatic hydroxyl groups is 1. The third-order valence-electron chi connectivity index (χ3n) is 8.06. The quantitative estimate of drug-likeness (QED) is 0.529.